The molecule has 4 nitrogen and oxygen atoms in total. The fourth-order valence-electron chi connectivity index (χ4n) is 1.00. The van der Waals surface area contributed by atoms with E-state index in [1.807, 2.05) is 0 Å². The predicted octanol–water partition coefficient (Wildman–Crippen LogP) is 2.37. The smallest absolute Gasteiger partial charge is 0.344 e. The maximum absolute atomic E-state index is 11.2. The van der Waals surface area contributed by atoms with Gasteiger partial charge >= 0.3 is 11.9 Å². The van der Waals surface area contributed by atoms with Crippen molar-refractivity contribution < 1.29 is 19.4 Å². The van der Waals surface area contributed by atoms with Crippen LogP contribution in [0.3, 0.4) is 0 Å². The van der Waals surface area contributed by atoms with Crippen molar-refractivity contribution in [3.63, 3.8) is 0 Å². The molecule has 0 saturated heterocycles. The molecule has 0 unspecified atom stereocenters. The average molecular weight is 255 g/mol. The molecule has 0 aromatic heterocycles. The van der Waals surface area contributed by atoms with Crippen LogP contribution in [0.25, 0.3) is 6.08 Å². The molecule has 17 heavy (non-hydrogen) atoms. The largest absolute Gasteiger partial charge is 0.479 e. The number of ether oxygens (including phenoxy) is 1. The summed E-state index contributed by atoms with van der Waals surface area (Å²) in [6.45, 7) is 1.29. The second-order valence-corrected chi connectivity index (χ2v) is 3.74. The lowest BCUT2D eigenvalue weighted by Crippen LogP contribution is -2.22. The first-order valence-corrected chi connectivity index (χ1v) is 5.24. The lowest BCUT2D eigenvalue weighted by molar-refractivity contribution is -0.159. The molecule has 0 saturated carbocycles. The Kier molecular flexibility index (Phi) is 4.72. The van der Waals surface area contributed by atoms with Crippen molar-refractivity contribution in [3.8, 4) is 0 Å². The molecule has 1 aromatic rings. The zero-order valence-corrected chi connectivity index (χ0v) is 9.85. The van der Waals surface area contributed by atoms with E-state index < -0.39 is 18.0 Å². The number of carbonyl (C=O) groups is 2. The first kappa shape index (κ1) is 13.3. The van der Waals surface area contributed by atoms with Crippen LogP contribution in [-0.2, 0) is 14.3 Å². The number of hydrogen-bond donors (Lipinski definition) is 1. The number of esters is 1. The number of halogens is 1. The van der Waals surface area contributed by atoms with E-state index in [4.69, 9.17) is 16.7 Å². The second-order valence-electron chi connectivity index (χ2n) is 3.30. The summed E-state index contributed by atoms with van der Waals surface area (Å²) in [5, 5.41) is 9.13. The summed E-state index contributed by atoms with van der Waals surface area (Å²) in [5.74, 6) is -1.88. The predicted molar refractivity (Wildman–Crippen MR) is 63.7 cm³/mol. The molecule has 90 valence electrons. The van der Waals surface area contributed by atoms with Gasteiger partial charge in [-0.3, -0.25) is 0 Å². The van der Waals surface area contributed by atoms with Gasteiger partial charge in [0.1, 0.15) is 0 Å². The minimum absolute atomic E-state index is 0.601. The summed E-state index contributed by atoms with van der Waals surface area (Å²) in [7, 11) is 0. The monoisotopic (exact) mass is 254 g/mol. The van der Waals surface area contributed by atoms with Crippen molar-refractivity contribution in [2.24, 2.45) is 0 Å². The molecule has 0 amide bonds. The highest BCUT2D eigenvalue weighted by Gasteiger charge is 2.13. The third kappa shape index (κ3) is 4.70. The zero-order valence-electron chi connectivity index (χ0n) is 9.09. The highest BCUT2D eigenvalue weighted by atomic mass is 35.5. The standard InChI is InChI=1S/C12H11ClO4/c1-8(12(15)16)17-11(14)7-4-9-2-5-10(13)6-3-9/h2-8H,1H3,(H,15,16)/b7-4+/t8-/m0/s1. The SMILES string of the molecule is C[C@H](OC(=O)/C=C/c1ccc(Cl)cc1)C(=O)O. The van der Waals surface area contributed by atoms with Gasteiger partial charge in [0.25, 0.3) is 0 Å². The lowest BCUT2D eigenvalue weighted by atomic mass is 10.2. The number of carboxylic acid groups (broad SMARTS) is 1. The van der Waals surface area contributed by atoms with Gasteiger partial charge in [0.2, 0.25) is 0 Å². The van der Waals surface area contributed by atoms with Gasteiger partial charge in [0.05, 0.1) is 0 Å². The van der Waals surface area contributed by atoms with Gasteiger partial charge in [-0.05, 0) is 30.7 Å². The molecular formula is C12H11ClO4. The van der Waals surface area contributed by atoms with E-state index >= 15 is 0 Å². The first-order chi connectivity index (χ1) is 7.99. The van der Waals surface area contributed by atoms with Crippen LogP contribution in [-0.4, -0.2) is 23.1 Å². The van der Waals surface area contributed by atoms with Gasteiger partial charge in [0.15, 0.2) is 6.10 Å². The summed E-state index contributed by atoms with van der Waals surface area (Å²) < 4.78 is 4.61. The van der Waals surface area contributed by atoms with Crippen LogP contribution >= 0.6 is 11.6 Å². The molecule has 1 aromatic carbocycles. The van der Waals surface area contributed by atoms with E-state index in [1.165, 1.54) is 19.1 Å². The van der Waals surface area contributed by atoms with E-state index in [0.717, 1.165) is 5.56 Å². The van der Waals surface area contributed by atoms with Crippen LogP contribution in [0.5, 0.6) is 0 Å². The molecule has 1 N–H and O–H groups in total. The molecular weight excluding hydrogens is 244 g/mol. The first-order valence-electron chi connectivity index (χ1n) is 4.86. The van der Waals surface area contributed by atoms with Crippen molar-refractivity contribution in [2.45, 2.75) is 13.0 Å². The fraction of sp³-hybridized carbons (Fsp3) is 0.167. The van der Waals surface area contributed by atoms with Crippen LogP contribution in [0.2, 0.25) is 5.02 Å². The van der Waals surface area contributed by atoms with Crippen LogP contribution < -0.4 is 0 Å². The molecule has 5 heteroatoms. The normalized spacial score (nSPS) is 12.4. The molecule has 0 aliphatic carbocycles. The summed E-state index contributed by atoms with van der Waals surface area (Å²) >= 11 is 5.70. The average Bonchev–Trinajstić information content (AvgIpc) is 2.28. The zero-order chi connectivity index (χ0) is 12.8. The Labute approximate surface area is 103 Å². The van der Waals surface area contributed by atoms with Crippen LogP contribution in [0.15, 0.2) is 30.3 Å². The molecule has 1 atom stereocenters. The van der Waals surface area contributed by atoms with Gasteiger partial charge in [-0.2, -0.15) is 0 Å². The Morgan fingerprint density at radius 2 is 1.94 bits per heavy atom. The van der Waals surface area contributed by atoms with Crippen LogP contribution in [0.1, 0.15) is 12.5 Å². The Hall–Kier alpha value is -1.81. The fourth-order valence-corrected chi connectivity index (χ4v) is 1.13. The van der Waals surface area contributed by atoms with Gasteiger partial charge in [-0.25, -0.2) is 9.59 Å². The third-order valence-electron chi connectivity index (χ3n) is 1.92. The van der Waals surface area contributed by atoms with E-state index in [-0.39, 0.29) is 0 Å². The van der Waals surface area contributed by atoms with Gasteiger partial charge in [-0.15, -0.1) is 0 Å². The Balaban J connectivity index is 2.56. The molecule has 0 fully saturated rings. The molecule has 0 bridgehead atoms. The van der Waals surface area contributed by atoms with Crippen molar-refractivity contribution >= 4 is 29.6 Å². The van der Waals surface area contributed by atoms with Crippen molar-refractivity contribution in [1.29, 1.82) is 0 Å². The highest BCUT2D eigenvalue weighted by Crippen LogP contribution is 2.10. The number of aliphatic carboxylic acids is 1. The highest BCUT2D eigenvalue weighted by molar-refractivity contribution is 6.30. The summed E-state index contributed by atoms with van der Waals surface area (Å²) in [4.78, 5) is 21.6. The number of carboxylic acids is 1. The van der Waals surface area contributed by atoms with Crippen molar-refractivity contribution in [3.05, 3.63) is 40.9 Å². The minimum Gasteiger partial charge on any atom is -0.479 e. The maximum Gasteiger partial charge on any atom is 0.344 e. The van der Waals surface area contributed by atoms with Gasteiger partial charge in [-0.1, -0.05) is 23.7 Å². The number of carbonyl (C=O) groups excluding carboxylic acids is 1. The molecule has 0 heterocycles. The number of rotatable bonds is 4. The van der Waals surface area contributed by atoms with E-state index in [1.54, 1.807) is 24.3 Å². The Morgan fingerprint density at radius 3 is 2.47 bits per heavy atom. The van der Waals surface area contributed by atoms with E-state index in [2.05, 4.69) is 4.74 Å². The summed E-state index contributed by atoms with van der Waals surface area (Å²) in [6.07, 6.45) is 1.54. The molecule has 1 rings (SSSR count). The third-order valence-corrected chi connectivity index (χ3v) is 2.17. The molecule has 0 radical (unpaired) electrons. The number of benzene rings is 1. The molecule has 0 aliphatic heterocycles. The Morgan fingerprint density at radius 1 is 1.35 bits per heavy atom. The van der Waals surface area contributed by atoms with E-state index in [9.17, 15) is 9.59 Å². The van der Waals surface area contributed by atoms with Crippen molar-refractivity contribution in [2.75, 3.05) is 0 Å². The summed E-state index contributed by atoms with van der Waals surface area (Å²) in [5.41, 5.74) is 0.773. The van der Waals surface area contributed by atoms with Gasteiger partial charge in [0, 0.05) is 11.1 Å². The number of hydrogen-bond acceptors (Lipinski definition) is 3. The van der Waals surface area contributed by atoms with Crippen LogP contribution in [0.4, 0.5) is 0 Å². The van der Waals surface area contributed by atoms with Crippen LogP contribution in [0, 0.1) is 0 Å². The van der Waals surface area contributed by atoms with Crippen molar-refractivity contribution in [1.82, 2.24) is 0 Å². The van der Waals surface area contributed by atoms with E-state index in [0.29, 0.717) is 5.02 Å². The molecule has 0 aliphatic rings. The Bertz CT molecular complexity index is 436. The maximum atomic E-state index is 11.2. The lowest BCUT2D eigenvalue weighted by Gasteiger charge is -2.05. The molecule has 0 spiro atoms. The topological polar surface area (TPSA) is 63.6 Å². The summed E-state index contributed by atoms with van der Waals surface area (Å²) in [6, 6.07) is 6.83. The van der Waals surface area contributed by atoms with Gasteiger partial charge < -0.3 is 9.84 Å². The minimum atomic E-state index is -1.18. The second kappa shape index (κ2) is 6.06. The quantitative estimate of drug-likeness (QED) is 0.662.